The van der Waals surface area contributed by atoms with Crippen LogP contribution in [0.25, 0.3) is 0 Å². The molecule has 2 rings (SSSR count). The number of hydrogen-bond acceptors (Lipinski definition) is 4. The number of aliphatic hydroxyl groups excluding tert-OH is 1. The average Bonchev–Trinajstić information content (AvgIpc) is 2.67. The molecular formula is C13H20N2O2. The summed E-state index contributed by atoms with van der Waals surface area (Å²) in [6.07, 6.45) is 3.15. The van der Waals surface area contributed by atoms with Crippen LogP contribution in [0.3, 0.4) is 0 Å². The highest BCUT2D eigenvalue weighted by Gasteiger charge is 2.11. The van der Waals surface area contributed by atoms with Crippen LogP contribution in [-0.4, -0.2) is 36.4 Å². The van der Waals surface area contributed by atoms with Gasteiger partial charge in [0.05, 0.1) is 30.3 Å². The Labute approximate surface area is 102 Å². The van der Waals surface area contributed by atoms with Gasteiger partial charge in [0, 0.05) is 19.7 Å². The largest absolute Gasteiger partial charge is 0.387 e. The molecule has 4 nitrogen and oxygen atoms in total. The third-order valence-corrected chi connectivity index (χ3v) is 3.09. The summed E-state index contributed by atoms with van der Waals surface area (Å²) in [6, 6.07) is 3.95. The standard InChI is InChI=1S/C13H20N2O2/c1-2-13(16)12-5-4-11(10-14-12)15-6-3-8-17-9-7-15/h4-5,10,13,16H,2-3,6-9H2,1H3/t13-/m1/s1. The van der Waals surface area contributed by atoms with Gasteiger partial charge in [-0.1, -0.05) is 6.92 Å². The second kappa shape index (κ2) is 5.98. The lowest BCUT2D eigenvalue weighted by Gasteiger charge is -2.21. The molecule has 1 aromatic heterocycles. The van der Waals surface area contributed by atoms with Gasteiger partial charge in [-0.15, -0.1) is 0 Å². The highest BCUT2D eigenvalue weighted by atomic mass is 16.5. The van der Waals surface area contributed by atoms with Crippen molar-refractivity contribution in [2.45, 2.75) is 25.9 Å². The van der Waals surface area contributed by atoms with Crippen molar-refractivity contribution < 1.29 is 9.84 Å². The Hall–Kier alpha value is -1.13. The third kappa shape index (κ3) is 3.17. The average molecular weight is 236 g/mol. The Morgan fingerprint density at radius 3 is 3.00 bits per heavy atom. The molecule has 1 fully saturated rings. The van der Waals surface area contributed by atoms with Crippen LogP contribution in [-0.2, 0) is 4.74 Å². The molecule has 1 N–H and O–H groups in total. The molecule has 1 aromatic rings. The molecule has 0 amide bonds. The van der Waals surface area contributed by atoms with E-state index in [2.05, 4.69) is 9.88 Å². The molecule has 0 spiro atoms. The normalized spacial score (nSPS) is 18.8. The molecule has 1 saturated heterocycles. The monoisotopic (exact) mass is 236 g/mol. The number of aromatic nitrogens is 1. The molecule has 1 aliphatic heterocycles. The van der Waals surface area contributed by atoms with Gasteiger partial charge < -0.3 is 14.7 Å². The Balaban J connectivity index is 2.05. The molecule has 0 saturated carbocycles. The number of nitrogens with zero attached hydrogens (tertiary/aromatic N) is 2. The molecule has 0 radical (unpaired) electrons. The first-order valence-electron chi connectivity index (χ1n) is 6.28. The van der Waals surface area contributed by atoms with Gasteiger partial charge in [0.2, 0.25) is 0 Å². The molecule has 0 unspecified atom stereocenters. The number of pyridine rings is 1. The van der Waals surface area contributed by atoms with E-state index >= 15 is 0 Å². The van der Waals surface area contributed by atoms with E-state index in [0.717, 1.165) is 44.1 Å². The number of rotatable bonds is 3. The lowest BCUT2D eigenvalue weighted by atomic mass is 10.2. The molecule has 4 heteroatoms. The molecule has 0 aromatic carbocycles. The van der Waals surface area contributed by atoms with Crippen LogP contribution in [0.4, 0.5) is 5.69 Å². The van der Waals surface area contributed by atoms with Gasteiger partial charge in [-0.25, -0.2) is 0 Å². The molecule has 94 valence electrons. The highest BCUT2D eigenvalue weighted by Crippen LogP contribution is 2.19. The van der Waals surface area contributed by atoms with E-state index in [-0.39, 0.29) is 0 Å². The van der Waals surface area contributed by atoms with Gasteiger partial charge >= 0.3 is 0 Å². The van der Waals surface area contributed by atoms with Gasteiger partial charge in [-0.05, 0) is 25.0 Å². The van der Waals surface area contributed by atoms with Crippen molar-refractivity contribution in [2.24, 2.45) is 0 Å². The predicted octanol–water partition coefficient (Wildman–Crippen LogP) is 1.75. The summed E-state index contributed by atoms with van der Waals surface area (Å²) in [5.74, 6) is 0. The molecule has 2 heterocycles. The molecular weight excluding hydrogens is 216 g/mol. The molecule has 1 aliphatic rings. The quantitative estimate of drug-likeness (QED) is 0.868. The van der Waals surface area contributed by atoms with Crippen molar-refractivity contribution in [1.29, 1.82) is 0 Å². The fraction of sp³-hybridized carbons (Fsp3) is 0.615. The maximum atomic E-state index is 9.68. The first-order chi connectivity index (χ1) is 8.31. The van der Waals surface area contributed by atoms with E-state index in [0.29, 0.717) is 6.42 Å². The van der Waals surface area contributed by atoms with E-state index in [1.54, 1.807) is 0 Å². The van der Waals surface area contributed by atoms with Crippen molar-refractivity contribution >= 4 is 5.69 Å². The molecule has 1 atom stereocenters. The summed E-state index contributed by atoms with van der Waals surface area (Å²) in [6.45, 7) is 5.50. The number of hydrogen-bond donors (Lipinski definition) is 1. The maximum Gasteiger partial charge on any atom is 0.0957 e. The van der Waals surface area contributed by atoms with Crippen molar-refractivity contribution in [2.75, 3.05) is 31.2 Å². The Bertz CT molecular complexity index is 332. The first kappa shape index (κ1) is 12.3. The fourth-order valence-corrected chi connectivity index (χ4v) is 2.00. The smallest absolute Gasteiger partial charge is 0.0957 e. The highest BCUT2D eigenvalue weighted by molar-refractivity contribution is 5.44. The SMILES string of the molecule is CC[C@@H](O)c1ccc(N2CCCOCC2)cn1. The Kier molecular flexibility index (Phi) is 4.34. The van der Waals surface area contributed by atoms with Crippen molar-refractivity contribution in [3.05, 3.63) is 24.0 Å². The molecule has 17 heavy (non-hydrogen) atoms. The van der Waals surface area contributed by atoms with Crippen LogP contribution in [0.15, 0.2) is 18.3 Å². The third-order valence-electron chi connectivity index (χ3n) is 3.09. The van der Waals surface area contributed by atoms with Crippen LogP contribution in [0.5, 0.6) is 0 Å². The lowest BCUT2D eigenvalue weighted by molar-refractivity contribution is 0.152. The Morgan fingerprint density at radius 2 is 2.29 bits per heavy atom. The zero-order chi connectivity index (χ0) is 12.1. The van der Waals surface area contributed by atoms with Crippen LogP contribution in [0.1, 0.15) is 31.6 Å². The van der Waals surface area contributed by atoms with E-state index in [9.17, 15) is 5.11 Å². The summed E-state index contributed by atoms with van der Waals surface area (Å²) >= 11 is 0. The van der Waals surface area contributed by atoms with Gasteiger partial charge in [0.1, 0.15) is 0 Å². The fourth-order valence-electron chi connectivity index (χ4n) is 2.00. The first-order valence-corrected chi connectivity index (χ1v) is 6.28. The van der Waals surface area contributed by atoms with E-state index in [4.69, 9.17) is 4.74 Å². The second-order valence-electron chi connectivity index (χ2n) is 4.32. The zero-order valence-electron chi connectivity index (χ0n) is 10.3. The summed E-state index contributed by atoms with van der Waals surface area (Å²) in [5, 5.41) is 9.68. The number of ether oxygens (including phenoxy) is 1. The summed E-state index contributed by atoms with van der Waals surface area (Å²) in [7, 11) is 0. The minimum absolute atomic E-state index is 0.448. The van der Waals surface area contributed by atoms with Crippen LogP contribution >= 0.6 is 0 Å². The van der Waals surface area contributed by atoms with Crippen LogP contribution in [0, 0.1) is 0 Å². The number of anilines is 1. The van der Waals surface area contributed by atoms with E-state index in [1.807, 2.05) is 25.3 Å². The molecule has 0 aliphatic carbocycles. The Morgan fingerprint density at radius 1 is 1.41 bits per heavy atom. The maximum absolute atomic E-state index is 9.68. The zero-order valence-corrected chi connectivity index (χ0v) is 10.3. The summed E-state index contributed by atoms with van der Waals surface area (Å²) in [5.41, 5.74) is 1.87. The summed E-state index contributed by atoms with van der Waals surface area (Å²) in [4.78, 5) is 6.60. The van der Waals surface area contributed by atoms with Gasteiger partial charge in [-0.3, -0.25) is 4.98 Å². The van der Waals surface area contributed by atoms with Crippen LogP contribution < -0.4 is 4.90 Å². The van der Waals surface area contributed by atoms with Crippen molar-refractivity contribution in [1.82, 2.24) is 4.98 Å². The summed E-state index contributed by atoms with van der Waals surface area (Å²) < 4.78 is 5.42. The van der Waals surface area contributed by atoms with Gasteiger partial charge in [0.25, 0.3) is 0 Å². The molecule has 0 bridgehead atoms. The minimum Gasteiger partial charge on any atom is -0.387 e. The van der Waals surface area contributed by atoms with E-state index in [1.165, 1.54) is 0 Å². The van der Waals surface area contributed by atoms with Gasteiger partial charge in [-0.2, -0.15) is 0 Å². The minimum atomic E-state index is -0.448. The van der Waals surface area contributed by atoms with Crippen LogP contribution in [0.2, 0.25) is 0 Å². The van der Waals surface area contributed by atoms with E-state index < -0.39 is 6.10 Å². The van der Waals surface area contributed by atoms with Crippen molar-refractivity contribution in [3.63, 3.8) is 0 Å². The number of aliphatic hydroxyl groups is 1. The van der Waals surface area contributed by atoms with Crippen molar-refractivity contribution in [3.8, 4) is 0 Å². The topological polar surface area (TPSA) is 45.6 Å². The predicted molar refractivity (Wildman–Crippen MR) is 67.1 cm³/mol. The lowest BCUT2D eigenvalue weighted by Crippen LogP contribution is -2.26. The van der Waals surface area contributed by atoms with Gasteiger partial charge in [0.15, 0.2) is 0 Å². The second-order valence-corrected chi connectivity index (χ2v) is 4.32.